The van der Waals surface area contributed by atoms with Gasteiger partial charge in [-0.2, -0.15) is 0 Å². The monoisotopic (exact) mass is 309 g/mol. The number of anilines is 2. The lowest BCUT2D eigenvalue weighted by Crippen LogP contribution is -2.30. The van der Waals surface area contributed by atoms with Gasteiger partial charge >= 0.3 is 0 Å². The van der Waals surface area contributed by atoms with Crippen molar-refractivity contribution in [2.45, 2.75) is 26.8 Å². The average Bonchev–Trinajstić information content (AvgIpc) is 2.56. The minimum atomic E-state index is -0.167. The molecule has 2 rings (SSSR count). The van der Waals surface area contributed by atoms with E-state index in [0.717, 1.165) is 23.6 Å². The van der Waals surface area contributed by atoms with Gasteiger partial charge < -0.3 is 10.2 Å². The van der Waals surface area contributed by atoms with Crippen LogP contribution < -0.4 is 10.2 Å². The largest absolute Gasteiger partial charge is 0.369 e. The van der Waals surface area contributed by atoms with E-state index in [0.29, 0.717) is 6.04 Å². The van der Waals surface area contributed by atoms with Crippen LogP contribution in [0.4, 0.5) is 11.4 Å². The molecule has 4 nitrogen and oxygen atoms in total. The van der Waals surface area contributed by atoms with Crippen molar-refractivity contribution < 1.29 is 4.79 Å². The molecule has 0 saturated carbocycles. The first-order valence-corrected chi connectivity index (χ1v) is 7.87. The molecule has 0 saturated heterocycles. The highest BCUT2D eigenvalue weighted by molar-refractivity contribution is 6.01. The molecule has 0 bridgehead atoms. The van der Waals surface area contributed by atoms with Crippen LogP contribution in [-0.4, -0.2) is 23.5 Å². The van der Waals surface area contributed by atoms with Crippen molar-refractivity contribution in [3.63, 3.8) is 0 Å². The smallest absolute Gasteiger partial charge is 0.248 e. The number of nitrogens with zero attached hydrogens (tertiary/aromatic N) is 2. The molecule has 1 heterocycles. The SMILES string of the molecule is CCN(c1ccc(NC(=O)/C=C/c2ccccn2)cc1)C(C)C. The fourth-order valence-electron chi connectivity index (χ4n) is 2.40. The van der Waals surface area contributed by atoms with E-state index < -0.39 is 0 Å². The lowest BCUT2D eigenvalue weighted by atomic mass is 10.2. The second-order valence-corrected chi connectivity index (χ2v) is 5.50. The maximum Gasteiger partial charge on any atom is 0.248 e. The molecule has 1 aromatic heterocycles. The maximum absolute atomic E-state index is 11.9. The van der Waals surface area contributed by atoms with Crippen molar-refractivity contribution in [3.05, 3.63) is 60.4 Å². The Morgan fingerprint density at radius 3 is 2.52 bits per heavy atom. The van der Waals surface area contributed by atoms with Crippen molar-refractivity contribution in [1.29, 1.82) is 0 Å². The minimum absolute atomic E-state index is 0.167. The van der Waals surface area contributed by atoms with Gasteiger partial charge in [0.1, 0.15) is 0 Å². The summed E-state index contributed by atoms with van der Waals surface area (Å²) in [4.78, 5) is 18.4. The number of hydrogen-bond acceptors (Lipinski definition) is 3. The predicted octanol–water partition coefficient (Wildman–Crippen LogP) is 3.97. The number of rotatable bonds is 6. The molecule has 0 unspecified atom stereocenters. The molecule has 0 aliphatic carbocycles. The molecular formula is C19H23N3O. The molecule has 0 fully saturated rings. The van der Waals surface area contributed by atoms with Gasteiger partial charge in [0.15, 0.2) is 0 Å². The van der Waals surface area contributed by atoms with Crippen LogP contribution in [0.1, 0.15) is 26.5 Å². The normalized spacial score (nSPS) is 11.0. The van der Waals surface area contributed by atoms with Gasteiger partial charge in [0, 0.05) is 36.2 Å². The molecule has 1 N–H and O–H groups in total. The molecule has 2 aromatic rings. The Morgan fingerprint density at radius 1 is 1.22 bits per heavy atom. The zero-order chi connectivity index (χ0) is 16.7. The van der Waals surface area contributed by atoms with Crippen molar-refractivity contribution in [1.82, 2.24) is 4.98 Å². The van der Waals surface area contributed by atoms with Crippen LogP contribution in [-0.2, 0) is 4.79 Å². The van der Waals surface area contributed by atoms with Gasteiger partial charge in [-0.15, -0.1) is 0 Å². The molecule has 0 atom stereocenters. The quantitative estimate of drug-likeness (QED) is 0.821. The van der Waals surface area contributed by atoms with E-state index in [1.165, 1.54) is 6.08 Å². The summed E-state index contributed by atoms with van der Waals surface area (Å²) in [7, 11) is 0. The fraction of sp³-hybridized carbons (Fsp3) is 0.263. The zero-order valence-electron chi connectivity index (χ0n) is 13.9. The zero-order valence-corrected chi connectivity index (χ0v) is 13.9. The third kappa shape index (κ3) is 4.95. The van der Waals surface area contributed by atoms with Gasteiger partial charge in [0.25, 0.3) is 0 Å². The second-order valence-electron chi connectivity index (χ2n) is 5.50. The first-order valence-electron chi connectivity index (χ1n) is 7.87. The van der Waals surface area contributed by atoms with Crippen molar-refractivity contribution in [2.24, 2.45) is 0 Å². The van der Waals surface area contributed by atoms with Crippen molar-refractivity contribution >= 4 is 23.4 Å². The van der Waals surface area contributed by atoms with E-state index in [1.54, 1.807) is 12.3 Å². The number of pyridine rings is 1. The number of carbonyl (C=O) groups excluding carboxylic acids is 1. The predicted molar refractivity (Wildman–Crippen MR) is 96.5 cm³/mol. The van der Waals surface area contributed by atoms with Crippen LogP contribution in [0.15, 0.2) is 54.7 Å². The summed E-state index contributed by atoms with van der Waals surface area (Å²) in [5.74, 6) is -0.167. The maximum atomic E-state index is 11.9. The van der Waals surface area contributed by atoms with Crippen LogP contribution in [0.25, 0.3) is 6.08 Å². The minimum Gasteiger partial charge on any atom is -0.369 e. The van der Waals surface area contributed by atoms with Gasteiger partial charge in [-0.05, 0) is 63.2 Å². The van der Waals surface area contributed by atoms with E-state index in [9.17, 15) is 4.79 Å². The molecule has 1 aromatic carbocycles. The third-order valence-electron chi connectivity index (χ3n) is 3.52. The molecule has 4 heteroatoms. The number of amides is 1. The lowest BCUT2D eigenvalue weighted by molar-refractivity contribution is -0.111. The highest BCUT2D eigenvalue weighted by Gasteiger charge is 2.08. The van der Waals surface area contributed by atoms with Gasteiger partial charge in [0.2, 0.25) is 5.91 Å². The molecule has 23 heavy (non-hydrogen) atoms. The Kier molecular flexibility index (Phi) is 5.92. The first kappa shape index (κ1) is 16.7. The number of nitrogens with one attached hydrogen (secondary N) is 1. The molecule has 120 valence electrons. The third-order valence-corrected chi connectivity index (χ3v) is 3.52. The highest BCUT2D eigenvalue weighted by Crippen LogP contribution is 2.19. The number of hydrogen-bond donors (Lipinski definition) is 1. The summed E-state index contributed by atoms with van der Waals surface area (Å²) in [6.07, 6.45) is 4.88. The van der Waals surface area contributed by atoms with E-state index in [4.69, 9.17) is 0 Å². The molecular weight excluding hydrogens is 286 g/mol. The van der Waals surface area contributed by atoms with Crippen LogP contribution in [0.2, 0.25) is 0 Å². The Bertz CT molecular complexity index is 648. The average molecular weight is 309 g/mol. The van der Waals surface area contributed by atoms with Crippen LogP contribution in [0.5, 0.6) is 0 Å². The summed E-state index contributed by atoms with van der Waals surface area (Å²) < 4.78 is 0. The Hall–Kier alpha value is -2.62. The highest BCUT2D eigenvalue weighted by atomic mass is 16.1. The standard InChI is InChI=1S/C19H23N3O/c1-4-22(15(2)3)18-11-8-17(9-12-18)21-19(23)13-10-16-7-5-6-14-20-16/h5-15H,4H2,1-3H3,(H,21,23)/b13-10+. The number of carbonyl (C=O) groups is 1. The summed E-state index contributed by atoms with van der Waals surface area (Å²) in [5.41, 5.74) is 2.70. The second kappa shape index (κ2) is 8.13. The Balaban J connectivity index is 1.98. The fourth-order valence-corrected chi connectivity index (χ4v) is 2.40. The van der Waals surface area contributed by atoms with E-state index in [1.807, 2.05) is 42.5 Å². The summed E-state index contributed by atoms with van der Waals surface area (Å²) >= 11 is 0. The Morgan fingerprint density at radius 2 is 1.96 bits per heavy atom. The van der Waals surface area contributed by atoms with E-state index in [2.05, 4.69) is 36.0 Å². The first-order chi connectivity index (χ1) is 11.1. The van der Waals surface area contributed by atoms with Gasteiger partial charge in [-0.25, -0.2) is 0 Å². The summed E-state index contributed by atoms with van der Waals surface area (Å²) in [6.45, 7) is 7.43. The van der Waals surface area contributed by atoms with E-state index in [-0.39, 0.29) is 5.91 Å². The molecule has 0 radical (unpaired) electrons. The van der Waals surface area contributed by atoms with Gasteiger partial charge in [-0.3, -0.25) is 9.78 Å². The Labute approximate surface area is 137 Å². The summed E-state index contributed by atoms with van der Waals surface area (Å²) in [6, 6.07) is 13.9. The van der Waals surface area contributed by atoms with Gasteiger partial charge in [0.05, 0.1) is 5.69 Å². The molecule has 0 spiro atoms. The van der Waals surface area contributed by atoms with Crippen LogP contribution >= 0.6 is 0 Å². The van der Waals surface area contributed by atoms with Crippen molar-refractivity contribution in [3.8, 4) is 0 Å². The van der Waals surface area contributed by atoms with Crippen LogP contribution in [0, 0.1) is 0 Å². The summed E-state index contributed by atoms with van der Waals surface area (Å²) in [5, 5.41) is 2.85. The molecule has 0 aliphatic heterocycles. The van der Waals surface area contributed by atoms with Crippen molar-refractivity contribution in [2.75, 3.05) is 16.8 Å². The molecule has 1 amide bonds. The van der Waals surface area contributed by atoms with E-state index >= 15 is 0 Å². The topological polar surface area (TPSA) is 45.2 Å². The molecule has 0 aliphatic rings. The van der Waals surface area contributed by atoms with Crippen LogP contribution in [0.3, 0.4) is 0 Å². The van der Waals surface area contributed by atoms with Gasteiger partial charge in [-0.1, -0.05) is 6.07 Å². The number of aromatic nitrogens is 1. The number of benzene rings is 1. The lowest BCUT2D eigenvalue weighted by Gasteiger charge is -2.27.